The number of nitrogens with one attached hydrogen (secondary N) is 2. The molecule has 0 aromatic carbocycles. The van der Waals surface area contributed by atoms with E-state index in [9.17, 15) is 14.7 Å². The quantitative estimate of drug-likeness (QED) is 0.606. The fourth-order valence-electron chi connectivity index (χ4n) is 3.97. The molecule has 1 fully saturated rings. The lowest BCUT2D eigenvalue weighted by Gasteiger charge is -2.32. The molecule has 30 heavy (non-hydrogen) atoms. The number of rotatable bonds is 8. The second kappa shape index (κ2) is 9.57. The third-order valence-corrected chi connectivity index (χ3v) is 6.13. The summed E-state index contributed by atoms with van der Waals surface area (Å²) in [5.74, 6) is -0.581. The molecule has 1 aliphatic rings. The highest BCUT2D eigenvalue weighted by atomic mass is 16.5. The van der Waals surface area contributed by atoms with Crippen molar-refractivity contribution in [1.82, 2.24) is 20.2 Å². The summed E-state index contributed by atoms with van der Waals surface area (Å²) in [4.78, 5) is 35.1. The minimum absolute atomic E-state index is 0.168. The van der Waals surface area contributed by atoms with Crippen molar-refractivity contribution >= 4 is 22.8 Å². The molecule has 0 radical (unpaired) electrons. The van der Waals surface area contributed by atoms with Gasteiger partial charge in [0.25, 0.3) is 0 Å². The minimum Gasteiger partial charge on any atom is -0.391 e. The first kappa shape index (κ1) is 22.2. The lowest BCUT2D eigenvalue weighted by Crippen LogP contribution is -2.56. The van der Waals surface area contributed by atoms with Gasteiger partial charge in [-0.25, -0.2) is 4.98 Å². The number of carbonyl (C=O) groups excluding carboxylic acids is 2. The maximum Gasteiger partial charge on any atom is 0.248 e. The number of nitrogens with zero attached hydrogens (tertiary/aromatic N) is 2. The third kappa shape index (κ3) is 4.65. The number of β-amino-alcohol motifs (C(OH)–C–C–N with tert-alkyl or cyclic N) is 1. The molecule has 3 rings (SSSR count). The van der Waals surface area contributed by atoms with E-state index in [-0.39, 0.29) is 30.3 Å². The summed E-state index contributed by atoms with van der Waals surface area (Å²) in [5.41, 5.74) is 1.85. The molecule has 2 amide bonds. The minimum atomic E-state index is -0.797. The van der Waals surface area contributed by atoms with E-state index in [2.05, 4.69) is 15.3 Å². The maximum absolute atomic E-state index is 13.4. The number of aliphatic hydroxyl groups excluding tert-OH is 1. The Labute approximate surface area is 177 Å². The summed E-state index contributed by atoms with van der Waals surface area (Å²) < 4.78 is 5.39. The van der Waals surface area contributed by atoms with Crippen molar-refractivity contribution in [1.29, 1.82) is 0 Å². The molecule has 1 saturated heterocycles. The average Bonchev–Trinajstić information content (AvgIpc) is 3.33. The van der Waals surface area contributed by atoms with Crippen LogP contribution in [0.15, 0.2) is 24.5 Å². The van der Waals surface area contributed by atoms with Crippen LogP contribution in [0.3, 0.4) is 0 Å². The Morgan fingerprint density at radius 2 is 2.20 bits per heavy atom. The first-order chi connectivity index (χ1) is 14.3. The Balaban J connectivity index is 1.80. The van der Waals surface area contributed by atoms with Crippen LogP contribution in [-0.4, -0.2) is 69.7 Å². The first-order valence-electron chi connectivity index (χ1n) is 10.6. The van der Waals surface area contributed by atoms with Crippen molar-refractivity contribution in [3.63, 3.8) is 0 Å². The van der Waals surface area contributed by atoms with Crippen LogP contribution in [0.5, 0.6) is 0 Å². The zero-order valence-electron chi connectivity index (χ0n) is 18.1. The van der Waals surface area contributed by atoms with E-state index in [1.165, 1.54) is 7.11 Å². The number of carbonyl (C=O) groups is 2. The predicted molar refractivity (Wildman–Crippen MR) is 114 cm³/mol. The van der Waals surface area contributed by atoms with Gasteiger partial charge in [-0.15, -0.1) is 0 Å². The fraction of sp³-hybridized carbons (Fsp3) is 0.591. The number of hydrogen-bond acceptors (Lipinski definition) is 5. The van der Waals surface area contributed by atoms with Gasteiger partial charge in [0.15, 0.2) is 0 Å². The van der Waals surface area contributed by atoms with Crippen molar-refractivity contribution < 1.29 is 19.4 Å². The van der Waals surface area contributed by atoms with E-state index in [1.807, 2.05) is 32.2 Å². The third-order valence-electron chi connectivity index (χ3n) is 6.13. The van der Waals surface area contributed by atoms with E-state index >= 15 is 0 Å². The predicted octanol–water partition coefficient (Wildman–Crippen LogP) is 1.63. The van der Waals surface area contributed by atoms with Crippen molar-refractivity contribution in [3.05, 3.63) is 30.1 Å². The Morgan fingerprint density at radius 1 is 1.43 bits per heavy atom. The van der Waals surface area contributed by atoms with Crippen LogP contribution >= 0.6 is 0 Å². The molecule has 8 nitrogen and oxygen atoms in total. The van der Waals surface area contributed by atoms with E-state index in [1.54, 1.807) is 18.0 Å². The second-order valence-electron chi connectivity index (χ2n) is 8.19. The highest BCUT2D eigenvalue weighted by molar-refractivity contribution is 5.89. The largest absolute Gasteiger partial charge is 0.391 e. The van der Waals surface area contributed by atoms with E-state index in [4.69, 9.17) is 4.74 Å². The zero-order chi connectivity index (χ0) is 21.8. The molecular formula is C22H32N4O4. The van der Waals surface area contributed by atoms with Gasteiger partial charge in [0.1, 0.15) is 11.7 Å². The Hall–Kier alpha value is -2.45. The van der Waals surface area contributed by atoms with E-state index in [0.29, 0.717) is 19.3 Å². The van der Waals surface area contributed by atoms with Crippen molar-refractivity contribution in [2.24, 2.45) is 5.92 Å². The molecule has 3 N–H and O–H groups in total. The van der Waals surface area contributed by atoms with Gasteiger partial charge in [-0.1, -0.05) is 13.8 Å². The highest BCUT2D eigenvalue weighted by Crippen LogP contribution is 2.26. The first-order valence-corrected chi connectivity index (χ1v) is 10.6. The molecule has 2 aromatic heterocycles. The number of pyridine rings is 1. The lowest BCUT2D eigenvalue weighted by molar-refractivity contribution is -0.141. The molecule has 0 unspecified atom stereocenters. The molecule has 0 saturated carbocycles. The van der Waals surface area contributed by atoms with Crippen molar-refractivity contribution in [2.45, 2.75) is 64.3 Å². The van der Waals surface area contributed by atoms with Crippen LogP contribution in [-0.2, 0) is 20.7 Å². The van der Waals surface area contributed by atoms with Crippen LogP contribution < -0.4 is 5.32 Å². The van der Waals surface area contributed by atoms with Crippen molar-refractivity contribution in [2.75, 3.05) is 13.7 Å². The average molecular weight is 417 g/mol. The SMILES string of the molecule is CC[C@@H](C)C(=O)N[C@H](C(=O)N1C[C@@H](O)C[C@H]1Cc1c[nH]c2ncccc12)[C@@H](C)OC. The summed E-state index contributed by atoms with van der Waals surface area (Å²) in [7, 11) is 1.52. The monoisotopic (exact) mass is 416 g/mol. The molecule has 0 bridgehead atoms. The van der Waals surface area contributed by atoms with E-state index in [0.717, 1.165) is 16.6 Å². The smallest absolute Gasteiger partial charge is 0.248 e. The number of hydrogen-bond donors (Lipinski definition) is 3. The number of aliphatic hydroxyl groups is 1. The number of likely N-dealkylation sites (tertiary alicyclic amines) is 1. The maximum atomic E-state index is 13.4. The van der Waals surface area contributed by atoms with Crippen LogP contribution in [0.2, 0.25) is 0 Å². The van der Waals surface area contributed by atoms with Gasteiger partial charge >= 0.3 is 0 Å². The molecule has 0 spiro atoms. The highest BCUT2D eigenvalue weighted by Gasteiger charge is 2.40. The molecular weight excluding hydrogens is 384 g/mol. The van der Waals surface area contributed by atoms with Crippen molar-refractivity contribution in [3.8, 4) is 0 Å². The molecule has 5 atom stereocenters. The number of H-pyrrole nitrogens is 1. The number of amides is 2. The number of fused-ring (bicyclic) bond motifs is 1. The second-order valence-corrected chi connectivity index (χ2v) is 8.19. The topological polar surface area (TPSA) is 108 Å². The van der Waals surface area contributed by atoms with Gasteiger partial charge in [-0.2, -0.15) is 0 Å². The standard InChI is InChI=1S/C22H32N4O4/c1-5-13(2)21(28)25-19(14(3)30-4)22(29)26-12-17(27)10-16(26)9-15-11-24-20-18(15)7-6-8-23-20/h6-8,11,13-14,16-17,19,27H,5,9-10,12H2,1-4H3,(H,23,24)(H,25,28)/t13-,14-,16-,17+,19+/m1/s1. The van der Waals surface area contributed by atoms with E-state index < -0.39 is 18.2 Å². The molecule has 164 valence electrons. The van der Waals surface area contributed by atoms with Crippen LogP contribution in [0.4, 0.5) is 0 Å². The Morgan fingerprint density at radius 3 is 2.90 bits per heavy atom. The summed E-state index contributed by atoms with van der Waals surface area (Å²) in [6, 6.07) is 2.91. The van der Waals surface area contributed by atoms with Gasteiger partial charge in [-0.05, 0) is 43.9 Å². The summed E-state index contributed by atoms with van der Waals surface area (Å²) in [5, 5.41) is 14.2. The Bertz CT molecular complexity index is 883. The summed E-state index contributed by atoms with van der Waals surface area (Å²) in [6.45, 7) is 5.79. The molecule has 2 aromatic rings. The van der Waals surface area contributed by atoms with Gasteiger partial charge in [0.2, 0.25) is 11.8 Å². The normalized spacial score (nSPS) is 22.1. The molecule has 1 aliphatic heterocycles. The van der Waals surface area contributed by atoms with Crippen LogP contribution in [0.1, 0.15) is 39.2 Å². The van der Waals surface area contributed by atoms with Gasteiger partial charge in [-0.3, -0.25) is 9.59 Å². The van der Waals surface area contributed by atoms with Crippen LogP contribution in [0, 0.1) is 5.92 Å². The van der Waals surface area contributed by atoms with Gasteiger partial charge < -0.3 is 25.0 Å². The summed E-state index contributed by atoms with van der Waals surface area (Å²) >= 11 is 0. The number of methoxy groups -OCH3 is 1. The van der Waals surface area contributed by atoms with Gasteiger partial charge in [0.05, 0.1) is 12.2 Å². The summed E-state index contributed by atoms with van der Waals surface area (Å²) in [6.07, 6.45) is 4.34. The molecule has 3 heterocycles. The lowest BCUT2D eigenvalue weighted by atomic mass is 10.0. The zero-order valence-corrected chi connectivity index (χ0v) is 18.1. The fourth-order valence-corrected chi connectivity index (χ4v) is 3.97. The number of ether oxygens (including phenoxy) is 1. The Kier molecular flexibility index (Phi) is 7.10. The molecule has 8 heteroatoms. The number of aromatic nitrogens is 2. The number of aromatic amines is 1. The van der Waals surface area contributed by atoms with Crippen LogP contribution in [0.25, 0.3) is 11.0 Å². The molecule has 0 aliphatic carbocycles. The van der Waals surface area contributed by atoms with Gasteiger partial charge in [0, 0.05) is 43.4 Å².